The molecule has 116 valence electrons. The summed E-state index contributed by atoms with van der Waals surface area (Å²) in [7, 11) is -3.72. The summed E-state index contributed by atoms with van der Waals surface area (Å²) in [6, 6.07) is 11.0. The minimum absolute atomic E-state index is 0.0944. The maximum atomic E-state index is 12.6. The SMILES string of the molecule is O=[N+]([O-])c1cnc2ncccc2c1CS(=O)(=O)c1ccccc1. The second-order valence-corrected chi connectivity index (χ2v) is 6.82. The second-order valence-electron chi connectivity index (χ2n) is 4.83. The molecule has 0 saturated heterocycles. The molecule has 0 aliphatic carbocycles. The maximum absolute atomic E-state index is 12.6. The van der Waals surface area contributed by atoms with Crippen molar-refractivity contribution < 1.29 is 13.3 Å². The summed E-state index contributed by atoms with van der Waals surface area (Å²) < 4.78 is 25.1. The van der Waals surface area contributed by atoms with Gasteiger partial charge in [-0.15, -0.1) is 0 Å². The zero-order valence-electron chi connectivity index (χ0n) is 11.8. The number of nitro groups is 1. The average molecular weight is 329 g/mol. The van der Waals surface area contributed by atoms with E-state index in [0.29, 0.717) is 5.39 Å². The fourth-order valence-corrected chi connectivity index (χ4v) is 3.71. The molecule has 0 atom stereocenters. The lowest BCUT2D eigenvalue weighted by Gasteiger charge is -2.08. The molecule has 0 radical (unpaired) electrons. The van der Waals surface area contributed by atoms with E-state index >= 15 is 0 Å². The third-order valence-electron chi connectivity index (χ3n) is 3.36. The fraction of sp³-hybridized carbons (Fsp3) is 0.0667. The van der Waals surface area contributed by atoms with Crippen molar-refractivity contribution in [3.8, 4) is 0 Å². The predicted molar refractivity (Wildman–Crippen MR) is 83.5 cm³/mol. The minimum atomic E-state index is -3.72. The summed E-state index contributed by atoms with van der Waals surface area (Å²) in [5, 5.41) is 11.6. The molecule has 0 amide bonds. The van der Waals surface area contributed by atoms with Crippen LogP contribution in [-0.4, -0.2) is 23.3 Å². The van der Waals surface area contributed by atoms with E-state index in [1.165, 1.54) is 18.3 Å². The van der Waals surface area contributed by atoms with Gasteiger partial charge >= 0.3 is 0 Å². The molecular formula is C15H11N3O4S. The van der Waals surface area contributed by atoms with E-state index in [1.807, 2.05) is 0 Å². The van der Waals surface area contributed by atoms with Gasteiger partial charge in [0.2, 0.25) is 0 Å². The number of aromatic nitrogens is 2. The van der Waals surface area contributed by atoms with Crippen molar-refractivity contribution in [1.29, 1.82) is 0 Å². The van der Waals surface area contributed by atoms with Crippen molar-refractivity contribution in [3.05, 3.63) is 70.5 Å². The highest BCUT2D eigenvalue weighted by atomic mass is 32.2. The molecular weight excluding hydrogens is 318 g/mol. The van der Waals surface area contributed by atoms with Crippen LogP contribution in [0.4, 0.5) is 5.69 Å². The van der Waals surface area contributed by atoms with Gasteiger partial charge in [-0.05, 0) is 24.3 Å². The summed E-state index contributed by atoms with van der Waals surface area (Å²) in [6.07, 6.45) is 2.54. The quantitative estimate of drug-likeness (QED) is 0.538. The van der Waals surface area contributed by atoms with Gasteiger partial charge in [0.05, 0.1) is 21.1 Å². The van der Waals surface area contributed by atoms with Gasteiger partial charge in [-0.2, -0.15) is 0 Å². The second kappa shape index (κ2) is 5.73. The monoisotopic (exact) mass is 329 g/mol. The van der Waals surface area contributed by atoms with Crippen LogP contribution in [0.3, 0.4) is 0 Å². The number of hydrogen-bond acceptors (Lipinski definition) is 6. The summed E-state index contributed by atoms with van der Waals surface area (Å²) in [5.74, 6) is -0.488. The van der Waals surface area contributed by atoms with E-state index in [1.54, 1.807) is 30.3 Å². The van der Waals surface area contributed by atoms with E-state index in [-0.39, 0.29) is 21.8 Å². The third-order valence-corrected chi connectivity index (χ3v) is 5.02. The van der Waals surface area contributed by atoms with E-state index in [0.717, 1.165) is 6.20 Å². The van der Waals surface area contributed by atoms with Gasteiger partial charge in [0, 0.05) is 11.6 Å². The Morgan fingerprint density at radius 2 is 1.78 bits per heavy atom. The number of hydrogen-bond donors (Lipinski definition) is 0. The van der Waals surface area contributed by atoms with Crippen molar-refractivity contribution >= 4 is 26.6 Å². The Kier molecular flexibility index (Phi) is 3.75. The lowest BCUT2D eigenvalue weighted by Crippen LogP contribution is -2.08. The van der Waals surface area contributed by atoms with Gasteiger partial charge in [0.1, 0.15) is 6.20 Å². The van der Waals surface area contributed by atoms with E-state index in [9.17, 15) is 18.5 Å². The highest BCUT2D eigenvalue weighted by molar-refractivity contribution is 7.90. The lowest BCUT2D eigenvalue weighted by atomic mass is 10.1. The predicted octanol–water partition coefficient (Wildman–Crippen LogP) is 2.51. The molecule has 2 aromatic heterocycles. The van der Waals surface area contributed by atoms with Crippen molar-refractivity contribution in [3.63, 3.8) is 0 Å². The van der Waals surface area contributed by atoms with Crippen LogP contribution in [0.5, 0.6) is 0 Å². The summed E-state index contributed by atoms with van der Waals surface area (Å²) in [6.45, 7) is 0. The molecule has 8 heteroatoms. The molecule has 3 rings (SSSR count). The molecule has 0 bridgehead atoms. The van der Waals surface area contributed by atoms with E-state index < -0.39 is 20.5 Å². The molecule has 3 aromatic rings. The first-order valence-corrected chi connectivity index (χ1v) is 8.29. The van der Waals surface area contributed by atoms with Crippen molar-refractivity contribution in [2.24, 2.45) is 0 Å². The molecule has 23 heavy (non-hydrogen) atoms. The Hall–Kier alpha value is -2.87. The Bertz CT molecular complexity index is 988. The van der Waals surface area contributed by atoms with Crippen LogP contribution < -0.4 is 0 Å². The highest BCUT2D eigenvalue weighted by Gasteiger charge is 2.25. The standard InChI is InChI=1S/C15H11N3O4S/c19-18(20)14-9-17-15-12(7-4-8-16-15)13(14)10-23(21,22)11-5-2-1-3-6-11/h1-9H,10H2. The highest BCUT2D eigenvalue weighted by Crippen LogP contribution is 2.28. The van der Waals surface area contributed by atoms with Crippen LogP contribution in [0.25, 0.3) is 11.0 Å². The molecule has 0 fully saturated rings. The number of fused-ring (bicyclic) bond motifs is 1. The van der Waals surface area contributed by atoms with Crippen molar-refractivity contribution in [2.75, 3.05) is 0 Å². The Balaban J connectivity index is 2.19. The van der Waals surface area contributed by atoms with Gasteiger partial charge in [-0.1, -0.05) is 18.2 Å². The van der Waals surface area contributed by atoms with Crippen LogP contribution in [0, 0.1) is 10.1 Å². The van der Waals surface area contributed by atoms with Gasteiger partial charge in [-0.25, -0.2) is 18.4 Å². The summed E-state index contributed by atoms with van der Waals surface area (Å²) in [5.41, 5.74) is 0.0401. The number of rotatable bonds is 4. The first kappa shape index (κ1) is 15.0. The van der Waals surface area contributed by atoms with E-state index in [2.05, 4.69) is 9.97 Å². The molecule has 0 N–H and O–H groups in total. The Morgan fingerprint density at radius 1 is 1.04 bits per heavy atom. The molecule has 7 nitrogen and oxygen atoms in total. The maximum Gasteiger partial charge on any atom is 0.292 e. The Morgan fingerprint density at radius 3 is 2.48 bits per heavy atom. The number of sulfone groups is 1. The van der Waals surface area contributed by atoms with Crippen LogP contribution in [-0.2, 0) is 15.6 Å². The van der Waals surface area contributed by atoms with Gasteiger partial charge in [0.15, 0.2) is 15.5 Å². The van der Waals surface area contributed by atoms with Crippen LogP contribution >= 0.6 is 0 Å². The first-order valence-electron chi connectivity index (χ1n) is 6.64. The van der Waals surface area contributed by atoms with Crippen molar-refractivity contribution in [1.82, 2.24) is 9.97 Å². The van der Waals surface area contributed by atoms with Crippen LogP contribution in [0.1, 0.15) is 5.56 Å². The zero-order chi connectivity index (χ0) is 16.4. The summed E-state index contributed by atoms with van der Waals surface area (Å²) in [4.78, 5) is 18.7. The largest absolute Gasteiger partial charge is 0.292 e. The smallest absolute Gasteiger partial charge is 0.258 e. The van der Waals surface area contributed by atoms with Crippen molar-refractivity contribution in [2.45, 2.75) is 10.6 Å². The third kappa shape index (κ3) is 2.88. The molecule has 2 heterocycles. The minimum Gasteiger partial charge on any atom is -0.258 e. The first-order chi connectivity index (χ1) is 11.0. The molecule has 0 aliphatic rings. The normalized spacial score (nSPS) is 11.5. The van der Waals surface area contributed by atoms with Crippen LogP contribution in [0.2, 0.25) is 0 Å². The average Bonchev–Trinajstić information content (AvgIpc) is 2.55. The molecule has 0 saturated carbocycles. The Labute approximate surface area is 131 Å². The molecule has 0 spiro atoms. The zero-order valence-corrected chi connectivity index (χ0v) is 12.6. The topological polar surface area (TPSA) is 103 Å². The number of pyridine rings is 2. The summed E-state index contributed by atoms with van der Waals surface area (Å²) >= 11 is 0. The van der Waals surface area contributed by atoms with Gasteiger partial charge < -0.3 is 0 Å². The van der Waals surface area contributed by atoms with Gasteiger partial charge in [-0.3, -0.25) is 10.1 Å². The lowest BCUT2D eigenvalue weighted by molar-refractivity contribution is -0.385. The molecule has 0 aliphatic heterocycles. The number of benzene rings is 1. The van der Waals surface area contributed by atoms with E-state index in [4.69, 9.17) is 0 Å². The number of nitrogens with zero attached hydrogens (tertiary/aromatic N) is 3. The molecule has 1 aromatic carbocycles. The van der Waals surface area contributed by atoms with Crippen LogP contribution in [0.15, 0.2) is 59.8 Å². The van der Waals surface area contributed by atoms with Gasteiger partial charge in [0.25, 0.3) is 5.69 Å². The molecule has 0 unspecified atom stereocenters. The fourth-order valence-electron chi connectivity index (χ4n) is 2.28.